The highest BCUT2D eigenvalue weighted by atomic mass is 127. The predicted octanol–water partition coefficient (Wildman–Crippen LogP) is 4.90. The largest absolute Gasteiger partial charge is 0.493 e. The number of hydrogen-bond acceptors (Lipinski definition) is 1. The molecule has 1 fully saturated rings. The van der Waals surface area contributed by atoms with Crippen LogP contribution < -0.4 is 4.74 Å². The SMILES string of the molecule is Clc1ccc(OCC2CCCCC2)cc1I. The lowest BCUT2D eigenvalue weighted by Crippen LogP contribution is -2.15. The Kier molecular flexibility index (Phi) is 4.77. The molecule has 3 heteroatoms. The van der Waals surface area contributed by atoms with Crippen LogP contribution in [-0.2, 0) is 0 Å². The van der Waals surface area contributed by atoms with E-state index in [-0.39, 0.29) is 0 Å². The van der Waals surface area contributed by atoms with Crippen LogP contribution in [0.15, 0.2) is 18.2 Å². The van der Waals surface area contributed by atoms with Crippen LogP contribution in [0.3, 0.4) is 0 Å². The molecule has 0 spiro atoms. The van der Waals surface area contributed by atoms with Crippen molar-refractivity contribution in [3.05, 3.63) is 26.8 Å². The van der Waals surface area contributed by atoms with Crippen LogP contribution in [0, 0.1) is 9.49 Å². The summed E-state index contributed by atoms with van der Waals surface area (Å²) in [6, 6.07) is 5.86. The highest BCUT2D eigenvalue weighted by Crippen LogP contribution is 2.27. The first kappa shape index (κ1) is 12.5. The fourth-order valence-corrected chi connectivity index (χ4v) is 2.74. The van der Waals surface area contributed by atoms with E-state index in [2.05, 4.69) is 22.6 Å². The van der Waals surface area contributed by atoms with E-state index in [1.807, 2.05) is 18.2 Å². The average molecular weight is 351 g/mol. The number of halogens is 2. The Balaban J connectivity index is 1.86. The molecule has 1 nitrogen and oxygen atoms in total. The average Bonchev–Trinajstić information content (AvgIpc) is 2.32. The molecule has 0 amide bonds. The van der Waals surface area contributed by atoms with E-state index in [9.17, 15) is 0 Å². The van der Waals surface area contributed by atoms with E-state index in [4.69, 9.17) is 16.3 Å². The fourth-order valence-electron chi connectivity index (χ4n) is 2.13. The van der Waals surface area contributed by atoms with Crippen molar-refractivity contribution >= 4 is 34.2 Å². The second-order valence-electron chi connectivity index (χ2n) is 4.39. The smallest absolute Gasteiger partial charge is 0.120 e. The van der Waals surface area contributed by atoms with E-state index < -0.39 is 0 Å². The van der Waals surface area contributed by atoms with Crippen LogP contribution in [0.2, 0.25) is 5.02 Å². The highest BCUT2D eigenvalue weighted by molar-refractivity contribution is 14.1. The minimum absolute atomic E-state index is 0.752. The maximum absolute atomic E-state index is 5.97. The second-order valence-corrected chi connectivity index (χ2v) is 5.96. The van der Waals surface area contributed by atoms with E-state index in [0.29, 0.717) is 0 Å². The third kappa shape index (κ3) is 3.52. The van der Waals surface area contributed by atoms with Gasteiger partial charge in [-0.1, -0.05) is 30.9 Å². The lowest BCUT2D eigenvalue weighted by atomic mass is 9.90. The zero-order valence-corrected chi connectivity index (χ0v) is 12.1. The summed E-state index contributed by atoms with van der Waals surface area (Å²) in [5.74, 6) is 1.70. The second kappa shape index (κ2) is 6.10. The van der Waals surface area contributed by atoms with E-state index in [0.717, 1.165) is 26.9 Å². The number of rotatable bonds is 3. The molecule has 0 bridgehead atoms. The van der Waals surface area contributed by atoms with Gasteiger partial charge in [0.25, 0.3) is 0 Å². The molecule has 1 saturated carbocycles. The third-order valence-electron chi connectivity index (χ3n) is 3.10. The van der Waals surface area contributed by atoms with Crippen LogP contribution in [0.25, 0.3) is 0 Å². The first-order valence-electron chi connectivity index (χ1n) is 5.83. The minimum Gasteiger partial charge on any atom is -0.493 e. The highest BCUT2D eigenvalue weighted by Gasteiger charge is 2.14. The Bertz CT molecular complexity index is 348. The van der Waals surface area contributed by atoms with Gasteiger partial charge in [-0.2, -0.15) is 0 Å². The van der Waals surface area contributed by atoms with Gasteiger partial charge in [0.15, 0.2) is 0 Å². The van der Waals surface area contributed by atoms with Crippen molar-refractivity contribution in [3.8, 4) is 5.75 Å². The molecule has 0 saturated heterocycles. The molecule has 0 atom stereocenters. The molecule has 0 heterocycles. The van der Waals surface area contributed by atoms with Crippen molar-refractivity contribution in [1.29, 1.82) is 0 Å². The normalized spacial score (nSPS) is 17.4. The monoisotopic (exact) mass is 350 g/mol. The molecular formula is C13H16ClIO. The molecule has 1 aromatic carbocycles. The Hall–Kier alpha value is 0.0400. The van der Waals surface area contributed by atoms with E-state index >= 15 is 0 Å². The fraction of sp³-hybridized carbons (Fsp3) is 0.538. The number of hydrogen-bond donors (Lipinski definition) is 0. The van der Waals surface area contributed by atoms with Gasteiger partial charge in [0, 0.05) is 3.57 Å². The minimum atomic E-state index is 0.752. The summed E-state index contributed by atoms with van der Waals surface area (Å²) in [4.78, 5) is 0. The standard InChI is InChI=1S/C13H16ClIO/c14-12-7-6-11(8-13(12)15)16-9-10-4-2-1-3-5-10/h6-8,10H,1-5,9H2. The Morgan fingerprint density at radius 1 is 1.25 bits per heavy atom. The van der Waals surface area contributed by atoms with Gasteiger partial charge in [-0.05, 0) is 59.5 Å². The van der Waals surface area contributed by atoms with Crippen LogP contribution in [0.5, 0.6) is 5.75 Å². The summed E-state index contributed by atoms with van der Waals surface area (Å²) >= 11 is 8.20. The lowest BCUT2D eigenvalue weighted by molar-refractivity contribution is 0.209. The molecular weight excluding hydrogens is 334 g/mol. The van der Waals surface area contributed by atoms with Crippen LogP contribution in [-0.4, -0.2) is 6.61 Å². The molecule has 0 aliphatic heterocycles. The Labute approximate surface area is 116 Å². The molecule has 16 heavy (non-hydrogen) atoms. The van der Waals surface area contributed by atoms with Crippen molar-refractivity contribution in [2.24, 2.45) is 5.92 Å². The van der Waals surface area contributed by atoms with Crippen molar-refractivity contribution in [2.45, 2.75) is 32.1 Å². The Morgan fingerprint density at radius 2 is 2.00 bits per heavy atom. The van der Waals surface area contributed by atoms with Crippen molar-refractivity contribution < 1.29 is 4.74 Å². The molecule has 1 aliphatic carbocycles. The van der Waals surface area contributed by atoms with E-state index in [1.54, 1.807) is 0 Å². The molecule has 2 rings (SSSR count). The molecule has 1 aromatic rings. The summed E-state index contributed by atoms with van der Waals surface area (Å²) < 4.78 is 6.87. The maximum atomic E-state index is 5.97. The topological polar surface area (TPSA) is 9.23 Å². The molecule has 0 N–H and O–H groups in total. The number of benzene rings is 1. The van der Waals surface area contributed by atoms with Gasteiger partial charge in [0.1, 0.15) is 5.75 Å². The molecule has 1 aliphatic rings. The lowest BCUT2D eigenvalue weighted by Gasteiger charge is -2.21. The summed E-state index contributed by atoms with van der Waals surface area (Å²) in [7, 11) is 0. The van der Waals surface area contributed by atoms with Gasteiger partial charge in [-0.25, -0.2) is 0 Å². The van der Waals surface area contributed by atoms with Gasteiger partial charge in [0.2, 0.25) is 0 Å². The van der Waals surface area contributed by atoms with Gasteiger partial charge >= 0.3 is 0 Å². The summed E-state index contributed by atoms with van der Waals surface area (Å²) in [5.41, 5.74) is 0. The Morgan fingerprint density at radius 3 is 2.69 bits per heavy atom. The van der Waals surface area contributed by atoms with Gasteiger partial charge in [-0.15, -0.1) is 0 Å². The van der Waals surface area contributed by atoms with Gasteiger partial charge in [0.05, 0.1) is 11.6 Å². The third-order valence-corrected chi connectivity index (χ3v) is 4.64. The van der Waals surface area contributed by atoms with Gasteiger partial charge in [-0.3, -0.25) is 0 Å². The maximum Gasteiger partial charge on any atom is 0.120 e. The first-order valence-corrected chi connectivity index (χ1v) is 7.29. The van der Waals surface area contributed by atoms with Crippen LogP contribution >= 0.6 is 34.2 Å². The van der Waals surface area contributed by atoms with Gasteiger partial charge < -0.3 is 4.74 Å². The summed E-state index contributed by atoms with van der Waals surface area (Å²) in [6.07, 6.45) is 6.78. The molecule has 0 aromatic heterocycles. The van der Waals surface area contributed by atoms with Crippen molar-refractivity contribution in [2.75, 3.05) is 6.61 Å². The van der Waals surface area contributed by atoms with Crippen LogP contribution in [0.4, 0.5) is 0 Å². The summed E-state index contributed by atoms with van der Waals surface area (Å²) in [6.45, 7) is 0.859. The van der Waals surface area contributed by atoms with Crippen molar-refractivity contribution in [3.63, 3.8) is 0 Å². The quantitative estimate of drug-likeness (QED) is 0.704. The molecule has 0 unspecified atom stereocenters. The van der Waals surface area contributed by atoms with E-state index in [1.165, 1.54) is 32.1 Å². The zero-order chi connectivity index (χ0) is 11.4. The number of ether oxygens (including phenoxy) is 1. The van der Waals surface area contributed by atoms with Crippen LogP contribution in [0.1, 0.15) is 32.1 Å². The first-order chi connectivity index (χ1) is 7.75. The molecule has 88 valence electrons. The van der Waals surface area contributed by atoms with Crippen molar-refractivity contribution in [1.82, 2.24) is 0 Å². The summed E-state index contributed by atoms with van der Waals surface area (Å²) in [5, 5.41) is 0.797. The predicted molar refractivity (Wildman–Crippen MR) is 76.2 cm³/mol. The zero-order valence-electron chi connectivity index (χ0n) is 9.22. The molecule has 0 radical (unpaired) electrons.